The van der Waals surface area contributed by atoms with Gasteiger partial charge in [0.05, 0.1) is 17.9 Å². The molecular weight excluding hydrogens is 234 g/mol. The van der Waals surface area contributed by atoms with Crippen molar-refractivity contribution in [2.45, 2.75) is 26.3 Å². The molecule has 1 fully saturated rings. The molecule has 2 N–H and O–H groups in total. The molecule has 0 aliphatic carbocycles. The minimum absolute atomic E-state index is 0.285. The van der Waals surface area contributed by atoms with Crippen molar-refractivity contribution < 1.29 is 0 Å². The van der Waals surface area contributed by atoms with E-state index in [-0.39, 0.29) is 6.04 Å². The Morgan fingerprint density at radius 1 is 1.26 bits per heavy atom. The fraction of sp³-hybridized carbons (Fsp3) is 0.312. The van der Waals surface area contributed by atoms with Gasteiger partial charge in [0.2, 0.25) is 0 Å². The summed E-state index contributed by atoms with van der Waals surface area (Å²) in [7, 11) is 0. The van der Waals surface area contributed by atoms with E-state index in [1.165, 1.54) is 22.3 Å². The van der Waals surface area contributed by atoms with Crippen molar-refractivity contribution >= 4 is 0 Å². The summed E-state index contributed by atoms with van der Waals surface area (Å²) in [6.45, 7) is 9.17. The van der Waals surface area contributed by atoms with Gasteiger partial charge in [0, 0.05) is 6.54 Å². The van der Waals surface area contributed by atoms with Gasteiger partial charge in [0.1, 0.15) is 5.82 Å². The van der Waals surface area contributed by atoms with Crippen molar-refractivity contribution in [1.82, 2.24) is 15.3 Å². The van der Waals surface area contributed by atoms with E-state index < -0.39 is 0 Å². The van der Waals surface area contributed by atoms with Crippen LogP contribution >= 0.6 is 0 Å². The van der Waals surface area contributed by atoms with Gasteiger partial charge in [0.25, 0.3) is 0 Å². The highest BCUT2D eigenvalue weighted by Gasteiger charge is 2.21. The molecule has 1 aromatic carbocycles. The largest absolute Gasteiger partial charge is 0.341 e. The van der Waals surface area contributed by atoms with Crippen molar-refractivity contribution in [2.24, 2.45) is 0 Å². The maximum atomic E-state index is 4.50. The van der Waals surface area contributed by atoms with Crippen molar-refractivity contribution in [3.8, 4) is 11.3 Å². The summed E-state index contributed by atoms with van der Waals surface area (Å²) < 4.78 is 0. The van der Waals surface area contributed by atoms with Gasteiger partial charge in [-0.15, -0.1) is 0 Å². The molecule has 1 saturated heterocycles. The molecule has 3 rings (SSSR count). The zero-order chi connectivity index (χ0) is 13.4. The molecule has 2 heterocycles. The molecule has 1 aromatic heterocycles. The normalized spacial score (nSPS) is 19.1. The quantitative estimate of drug-likeness (QED) is 0.806. The van der Waals surface area contributed by atoms with Gasteiger partial charge in [-0.1, -0.05) is 24.3 Å². The Morgan fingerprint density at radius 3 is 2.79 bits per heavy atom. The molecule has 1 aliphatic heterocycles. The molecule has 1 unspecified atom stereocenters. The van der Waals surface area contributed by atoms with Gasteiger partial charge in [-0.25, -0.2) is 4.98 Å². The highest BCUT2D eigenvalue weighted by Crippen LogP contribution is 2.26. The maximum Gasteiger partial charge on any atom is 0.124 e. The van der Waals surface area contributed by atoms with Gasteiger partial charge >= 0.3 is 0 Å². The Hall–Kier alpha value is -1.87. The predicted molar refractivity (Wildman–Crippen MR) is 78.0 cm³/mol. The van der Waals surface area contributed by atoms with Crippen LogP contribution in [0.25, 0.3) is 11.3 Å². The number of hydrogen-bond donors (Lipinski definition) is 2. The predicted octanol–water partition coefficient (Wildman–Crippen LogP) is 3.28. The molecule has 0 radical (unpaired) electrons. The van der Waals surface area contributed by atoms with Gasteiger partial charge in [-0.05, 0) is 43.0 Å². The fourth-order valence-electron chi connectivity index (χ4n) is 2.46. The Balaban J connectivity index is 1.88. The molecule has 0 bridgehead atoms. The third-order valence-electron chi connectivity index (χ3n) is 3.83. The number of imidazole rings is 1. The highest BCUT2D eigenvalue weighted by molar-refractivity contribution is 5.60. The SMILES string of the molecule is C=C1CNC(c2ncc(-c3ccc(C)c(C)c3)[nH]2)C1. The number of hydrogen-bond acceptors (Lipinski definition) is 2. The topological polar surface area (TPSA) is 40.7 Å². The minimum atomic E-state index is 0.285. The first-order valence-corrected chi connectivity index (χ1v) is 6.66. The smallest absolute Gasteiger partial charge is 0.124 e. The number of aromatic amines is 1. The molecule has 0 spiro atoms. The molecule has 2 aromatic rings. The average molecular weight is 253 g/mol. The van der Waals surface area contributed by atoms with E-state index in [0.29, 0.717) is 0 Å². The van der Waals surface area contributed by atoms with Crippen LogP contribution in [0.5, 0.6) is 0 Å². The molecule has 1 aliphatic rings. The third kappa shape index (κ3) is 2.34. The molecule has 98 valence electrons. The van der Waals surface area contributed by atoms with Crippen LogP contribution in [0.4, 0.5) is 0 Å². The minimum Gasteiger partial charge on any atom is -0.341 e. The van der Waals surface area contributed by atoms with Crippen LogP contribution in [0.15, 0.2) is 36.5 Å². The van der Waals surface area contributed by atoms with Crippen molar-refractivity contribution in [3.63, 3.8) is 0 Å². The van der Waals surface area contributed by atoms with E-state index in [4.69, 9.17) is 0 Å². The number of nitrogens with zero attached hydrogens (tertiary/aromatic N) is 1. The second-order valence-electron chi connectivity index (χ2n) is 5.37. The maximum absolute atomic E-state index is 4.50. The van der Waals surface area contributed by atoms with Crippen LogP contribution in [0.2, 0.25) is 0 Å². The molecule has 1 atom stereocenters. The lowest BCUT2D eigenvalue weighted by Gasteiger charge is -2.06. The van der Waals surface area contributed by atoms with Crippen LogP contribution in [-0.4, -0.2) is 16.5 Å². The van der Waals surface area contributed by atoms with Gasteiger partial charge in [-0.3, -0.25) is 0 Å². The summed E-state index contributed by atoms with van der Waals surface area (Å²) >= 11 is 0. The summed E-state index contributed by atoms with van der Waals surface area (Å²) in [5.41, 5.74) is 6.14. The zero-order valence-corrected chi connectivity index (χ0v) is 11.5. The van der Waals surface area contributed by atoms with Crippen LogP contribution in [-0.2, 0) is 0 Å². The van der Waals surface area contributed by atoms with E-state index in [2.05, 4.69) is 53.9 Å². The highest BCUT2D eigenvalue weighted by atomic mass is 15.0. The summed E-state index contributed by atoms with van der Waals surface area (Å²) in [6, 6.07) is 6.78. The van der Waals surface area contributed by atoms with Crippen molar-refractivity contribution in [2.75, 3.05) is 6.54 Å². The van der Waals surface area contributed by atoms with Crippen LogP contribution in [0.1, 0.15) is 29.4 Å². The Labute approximate surface area is 113 Å². The second kappa shape index (κ2) is 4.67. The molecule has 19 heavy (non-hydrogen) atoms. The second-order valence-corrected chi connectivity index (χ2v) is 5.37. The van der Waals surface area contributed by atoms with E-state index in [0.717, 1.165) is 24.5 Å². The third-order valence-corrected chi connectivity index (χ3v) is 3.83. The molecule has 0 saturated carbocycles. The van der Waals surface area contributed by atoms with Crippen molar-refractivity contribution in [3.05, 3.63) is 53.5 Å². The van der Waals surface area contributed by atoms with Crippen LogP contribution in [0, 0.1) is 13.8 Å². The number of aromatic nitrogens is 2. The first-order chi connectivity index (χ1) is 9.13. The van der Waals surface area contributed by atoms with Crippen LogP contribution in [0.3, 0.4) is 0 Å². The number of H-pyrrole nitrogens is 1. The summed E-state index contributed by atoms with van der Waals surface area (Å²) in [5.74, 6) is 1.01. The van der Waals surface area contributed by atoms with E-state index >= 15 is 0 Å². The molecule has 3 nitrogen and oxygen atoms in total. The standard InChI is InChI=1S/C16H19N3/c1-10-6-14(17-8-10)16-18-9-15(19-16)13-5-4-11(2)12(3)7-13/h4-5,7,9,14,17H,1,6,8H2,2-3H3,(H,18,19). The summed E-state index contributed by atoms with van der Waals surface area (Å²) in [6.07, 6.45) is 2.89. The average Bonchev–Trinajstić information content (AvgIpc) is 3.01. The van der Waals surface area contributed by atoms with Gasteiger partial charge in [-0.2, -0.15) is 0 Å². The summed E-state index contributed by atoms with van der Waals surface area (Å²) in [5, 5.41) is 3.41. The number of rotatable bonds is 2. The van der Waals surface area contributed by atoms with E-state index in [1.807, 2.05) is 6.20 Å². The van der Waals surface area contributed by atoms with Gasteiger partial charge in [0.15, 0.2) is 0 Å². The zero-order valence-electron chi connectivity index (χ0n) is 11.5. The lowest BCUT2D eigenvalue weighted by molar-refractivity contribution is 0.616. The van der Waals surface area contributed by atoms with Crippen molar-refractivity contribution in [1.29, 1.82) is 0 Å². The molecule has 0 amide bonds. The fourth-order valence-corrected chi connectivity index (χ4v) is 2.46. The van der Waals surface area contributed by atoms with E-state index in [9.17, 15) is 0 Å². The number of benzene rings is 1. The first-order valence-electron chi connectivity index (χ1n) is 6.66. The Bertz CT molecular complexity index is 625. The lowest BCUT2D eigenvalue weighted by atomic mass is 10.0. The molecule has 3 heteroatoms. The number of aryl methyl sites for hydroxylation is 2. The Kier molecular flexibility index (Phi) is 2.99. The molecular formula is C16H19N3. The summed E-state index contributed by atoms with van der Waals surface area (Å²) in [4.78, 5) is 7.93. The lowest BCUT2D eigenvalue weighted by Crippen LogP contribution is -2.14. The van der Waals surface area contributed by atoms with Gasteiger partial charge < -0.3 is 10.3 Å². The number of nitrogens with one attached hydrogen (secondary N) is 2. The van der Waals surface area contributed by atoms with Crippen LogP contribution < -0.4 is 5.32 Å². The Morgan fingerprint density at radius 2 is 2.11 bits per heavy atom. The van der Waals surface area contributed by atoms with E-state index in [1.54, 1.807) is 0 Å². The monoisotopic (exact) mass is 253 g/mol. The first kappa shape index (κ1) is 12.2.